The molecule has 0 radical (unpaired) electrons. The number of thioether (sulfide) groups is 1. The number of carbonyl (C=O) groups is 1. The van der Waals surface area contributed by atoms with Crippen LogP contribution in [0.1, 0.15) is 6.92 Å². The first-order chi connectivity index (χ1) is 7.89. The molecule has 0 saturated heterocycles. The summed E-state index contributed by atoms with van der Waals surface area (Å²) in [5.41, 5.74) is -0.990. The van der Waals surface area contributed by atoms with Crippen LogP contribution in [0.25, 0.3) is 0 Å². The largest absolute Gasteiger partial charge is 0.480 e. The van der Waals surface area contributed by atoms with Gasteiger partial charge < -0.3 is 10.4 Å². The second-order valence-corrected chi connectivity index (χ2v) is 5.61. The van der Waals surface area contributed by atoms with Crippen molar-refractivity contribution in [1.82, 2.24) is 5.32 Å². The van der Waals surface area contributed by atoms with Crippen molar-refractivity contribution in [3.63, 3.8) is 0 Å². The maximum Gasteiger partial charge on any atom is 0.324 e. The molecule has 0 amide bonds. The van der Waals surface area contributed by atoms with Crippen molar-refractivity contribution in [2.75, 3.05) is 12.8 Å². The number of hydrogen-bond donors (Lipinski definition) is 2. The molecular formula is C11H13Cl2NO2S. The van der Waals surface area contributed by atoms with Crippen LogP contribution in [0, 0.1) is 0 Å². The molecule has 1 atom stereocenters. The Kier molecular flexibility index (Phi) is 5.13. The summed E-state index contributed by atoms with van der Waals surface area (Å²) in [6.07, 6.45) is 0. The fourth-order valence-electron chi connectivity index (χ4n) is 1.05. The van der Waals surface area contributed by atoms with Gasteiger partial charge in [0.25, 0.3) is 0 Å². The van der Waals surface area contributed by atoms with E-state index in [0.29, 0.717) is 15.8 Å². The van der Waals surface area contributed by atoms with Crippen LogP contribution >= 0.6 is 35.0 Å². The molecule has 0 aliphatic carbocycles. The number of benzene rings is 1. The van der Waals surface area contributed by atoms with Gasteiger partial charge in [-0.1, -0.05) is 23.2 Å². The minimum absolute atomic E-state index is 0.360. The molecule has 3 nitrogen and oxygen atoms in total. The van der Waals surface area contributed by atoms with Gasteiger partial charge in [0.1, 0.15) is 5.54 Å². The van der Waals surface area contributed by atoms with Gasteiger partial charge in [0.15, 0.2) is 0 Å². The average molecular weight is 294 g/mol. The van der Waals surface area contributed by atoms with Gasteiger partial charge in [-0.3, -0.25) is 4.79 Å². The van der Waals surface area contributed by atoms with Crippen molar-refractivity contribution in [2.24, 2.45) is 0 Å². The smallest absolute Gasteiger partial charge is 0.324 e. The zero-order valence-electron chi connectivity index (χ0n) is 9.46. The van der Waals surface area contributed by atoms with Crippen LogP contribution in [0.15, 0.2) is 23.1 Å². The summed E-state index contributed by atoms with van der Waals surface area (Å²) in [6.45, 7) is 1.63. The molecule has 94 valence electrons. The predicted molar refractivity (Wildman–Crippen MR) is 72.3 cm³/mol. The molecule has 0 aromatic heterocycles. The lowest BCUT2D eigenvalue weighted by atomic mass is 10.1. The quantitative estimate of drug-likeness (QED) is 0.819. The van der Waals surface area contributed by atoms with Crippen molar-refractivity contribution in [1.29, 1.82) is 0 Å². The van der Waals surface area contributed by atoms with Gasteiger partial charge in [-0.15, -0.1) is 11.8 Å². The molecule has 1 aromatic carbocycles. The van der Waals surface area contributed by atoms with E-state index in [-0.39, 0.29) is 0 Å². The molecule has 0 saturated carbocycles. The van der Waals surface area contributed by atoms with E-state index >= 15 is 0 Å². The Balaban J connectivity index is 2.79. The topological polar surface area (TPSA) is 49.3 Å². The second-order valence-electron chi connectivity index (χ2n) is 3.75. The molecule has 0 bridgehead atoms. The first-order valence-electron chi connectivity index (χ1n) is 4.89. The standard InChI is InChI=1S/C11H13Cl2NO2S/c1-11(14-2,10(15)16)6-17-9-5-7(12)3-4-8(9)13/h3-5,14H,6H2,1-2H3,(H,15,16). The minimum atomic E-state index is -0.990. The maximum atomic E-state index is 11.1. The molecule has 1 rings (SSSR count). The Morgan fingerprint density at radius 2 is 2.18 bits per heavy atom. The lowest BCUT2D eigenvalue weighted by molar-refractivity contribution is -0.142. The summed E-state index contributed by atoms with van der Waals surface area (Å²) in [4.78, 5) is 11.9. The summed E-state index contributed by atoms with van der Waals surface area (Å²) in [6, 6.07) is 5.12. The van der Waals surface area contributed by atoms with E-state index in [9.17, 15) is 4.79 Å². The average Bonchev–Trinajstić information content (AvgIpc) is 2.29. The number of halogens is 2. The molecule has 0 aliphatic heterocycles. The third-order valence-electron chi connectivity index (χ3n) is 2.43. The maximum absolute atomic E-state index is 11.1. The fourth-order valence-corrected chi connectivity index (χ4v) is 2.70. The monoisotopic (exact) mass is 293 g/mol. The van der Waals surface area contributed by atoms with Crippen molar-refractivity contribution >= 4 is 40.9 Å². The van der Waals surface area contributed by atoms with E-state index in [0.717, 1.165) is 4.90 Å². The first kappa shape index (κ1) is 14.6. The Morgan fingerprint density at radius 3 is 2.71 bits per heavy atom. The van der Waals surface area contributed by atoms with Gasteiger partial charge in [0.05, 0.1) is 5.02 Å². The van der Waals surface area contributed by atoms with Gasteiger partial charge in [0.2, 0.25) is 0 Å². The zero-order chi connectivity index (χ0) is 13.1. The second kappa shape index (κ2) is 5.96. The van der Waals surface area contributed by atoms with Crippen LogP contribution in [0.3, 0.4) is 0 Å². The normalized spacial score (nSPS) is 14.4. The predicted octanol–water partition coefficient (Wildman–Crippen LogP) is 3.15. The van der Waals surface area contributed by atoms with Gasteiger partial charge in [0, 0.05) is 15.7 Å². The van der Waals surface area contributed by atoms with Crippen molar-refractivity contribution in [2.45, 2.75) is 17.4 Å². The van der Waals surface area contributed by atoms with Crippen LogP contribution in [0.5, 0.6) is 0 Å². The number of likely N-dealkylation sites (N-methyl/N-ethyl adjacent to an activating group) is 1. The molecule has 6 heteroatoms. The summed E-state index contributed by atoms with van der Waals surface area (Å²) in [5, 5.41) is 13.0. The molecule has 0 aliphatic rings. The Labute approximate surface area is 114 Å². The number of carboxylic acids is 1. The molecule has 17 heavy (non-hydrogen) atoms. The van der Waals surface area contributed by atoms with Crippen LogP contribution in [-0.4, -0.2) is 29.4 Å². The highest BCUT2D eigenvalue weighted by atomic mass is 35.5. The number of hydrogen-bond acceptors (Lipinski definition) is 3. The molecule has 0 fully saturated rings. The zero-order valence-corrected chi connectivity index (χ0v) is 11.8. The SMILES string of the molecule is CNC(C)(CSc1cc(Cl)ccc1Cl)C(=O)O. The van der Waals surface area contributed by atoms with Gasteiger partial charge in [-0.25, -0.2) is 0 Å². The molecule has 0 heterocycles. The van der Waals surface area contributed by atoms with Crippen LogP contribution in [0.4, 0.5) is 0 Å². The molecule has 2 N–H and O–H groups in total. The number of aliphatic carboxylic acids is 1. The highest BCUT2D eigenvalue weighted by molar-refractivity contribution is 7.99. The lowest BCUT2D eigenvalue weighted by Gasteiger charge is -2.23. The minimum Gasteiger partial charge on any atom is -0.480 e. The van der Waals surface area contributed by atoms with Crippen molar-refractivity contribution in [3.8, 4) is 0 Å². The van der Waals surface area contributed by atoms with Crippen LogP contribution in [0.2, 0.25) is 10.0 Å². The number of carboxylic acid groups (broad SMARTS) is 1. The van der Waals surface area contributed by atoms with Gasteiger partial charge in [-0.2, -0.15) is 0 Å². The molecule has 0 spiro atoms. The number of nitrogens with one attached hydrogen (secondary N) is 1. The summed E-state index contributed by atoms with van der Waals surface area (Å²) in [5.74, 6) is -0.538. The Bertz CT molecular complexity index is 428. The van der Waals surface area contributed by atoms with E-state index in [1.807, 2.05) is 0 Å². The first-order valence-corrected chi connectivity index (χ1v) is 6.63. The number of rotatable bonds is 5. The van der Waals surface area contributed by atoms with E-state index in [1.165, 1.54) is 11.8 Å². The lowest BCUT2D eigenvalue weighted by Crippen LogP contribution is -2.49. The Hall–Kier alpha value is -0.420. The third-order valence-corrected chi connectivity index (χ3v) is 4.48. The van der Waals surface area contributed by atoms with Crippen molar-refractivity contribution < 1.29 is 9.90 Å². The highest BCUT2D eigenvalue weighted by Crippen LogP contribution is 2.31. The summed E-state index contributed by atoms with van der Waals surface area (Å²) < 4.78 is 0. The van der Waals surface area contributed by atoms with Crippen LogP contribution < -0.4 is 5.32 Å². The van der Waals surface area contributed by atoms with E-state index in [1.54, 1.807) is 32.2 Å². The third kappa shape index (κ3) is 3.78. The molecule has 1 unspecified atom stereocenters. The molecular weight excluding hydrogens is 281 g/mol. The van der Waals surface area contributed by atoms with Gasteiger partial charge >= 0.3 is 5.97 Å². The van der Waals surface area contributed by atoms with E-state index in [2.05, 4.69) is 5.32 Å². The van der Waals surface area contributed by atoms with Crippen LogP contribution in [-0.2, 0) is 4.79 Å². The summed E-state index contributed by atoms with van der Waals surface area (Å²) in [7, 11) is 1.62. The summed E-state index contributed by atoms with van der Waals surface area (Å²) >= 11 is 13.2. The fraction of sp³-hybridized carbons (Fsp3) is 0.364. The Morgan fingerprint density at radius 1 is 1.53 bits per heavy atom. The van der Waals surface area contributed by atoms with Crippen molar-refractivity contribution in [3.05, 3.63) is 28.2 Å². The van der Waals surface area contributed by atoms with E-state index in [4.69, 9.17) is 28.3 Å². The van der Waals surface area contributed by atoms with Gasteiger partial charge in [-0.05, 0) is 32.2 Å². The highest BCUT2D eigenvalue weighted by Gasteiger charge is 2.31. The van der Waals surface area contributed by atoms with E-state index < -0.39 is 11.5 Å². The molecule has 1 aromatic rings.